The third kappa shape index (κ3) is 3.91. The van der Waals surface area contributed by atoms with Crippen LogP contribution in [0.2, 0.25) is 0 Å². The van der Waals surface area contributed by atoms with Crippen molar-refractivity contribution in [2.75, 3.05) is 26.7 Å². The van der Waals surface area contributed by atoms with E-state index in [4.69, 9.17) is 9.47 Å². The standard InChI is InChI=1S/C23H25NO3S/c1-3-26-21(25)7-5-16-4-6-20-19(14-16)22(17-8-11-24(2)12-9-17)23-18(15-27-20)10-13-28-23/h4-7,10,13-14H,3,8-9,11-12,15H2,1-2H3/b7-5+. The van der Waals surface area contributed by atoms with Crippen LogP contribution in [0.5, 0.6) is 5.75 Å². The van der Waals surface area contributed by atoms with Crippen molar-refractivity contribution in [3.8, 4) is 5.75 Å². The summed E-state index contributed by atoms with van der Waals surface area (Å²) in [5.74, 6) is 0.598. The molecule has 3 heterocycles. The summed E-state index contributed by atoms with van der Waals surface area (Å²) in [5.41, 5.74) is 6.19. The van der Waals surface area contributed by atoms with Crippen LogP contribution >= 0.6 is 11.3 Å². The van der Waals surface area contributed by atoms with E-state index in [2.05, 4.69) is 29.5 Å². The second-order valence-corrected chi connectivity index (χ2v) is 8.10. The Bertz CT molecular complexity index is 931. The average molecular weight is 396 g/mol. The largest absolute Gasteiger partial charge is 0.488 e. The molecule has 1 saturated heterocycles. The van der Waals surface area contributed by atoms with E-state index in [0.29, 0.717) is 13.2 Å². The molecular formula is C23H25NO3S. The highest BCUT2D eigenvalue weighted by molar-refractivity contribution is 7.11. The number of esters is 1. The van der Waals surface area contributed by atoms with Crippen LogP contribution in [-0.2, 0) is 16.1 Å². The van der Waals surface area contributed by atoms with Crippen LogP contribution in [0.3, 0.4) is 0 Å². The number of benzene rings is 1. The van der Waals surface area contributed by atoms with Crippen LogP contribution in [0.15, 0.2) is 41.3 Å². The number of fused-ring (bicyclic) bond motifs is 2. The minimum absolute atomic E-state index is 0.317. The number of hydrogen-bond acceptors (Lipinski definition) is 5. The van der Waals surface area contributed by atoms with Crippen molar-refractivity contribution >= 4 is 29.0 Å². The van der Waals surface area contributed by atoms with E-state index in [0.717, 1.165) is 42.8 Å². The Balaban J connectivity index is 1.78. The second kappa shape index (κ2) is 8.33. The number of rotatable bonds is 3. The Morgan fingerprint density at radius 1 is 1.29 bits per heavy atom. The van der Waals surface area contributed by atoms with Gasteiger partial charge in [0.2, 0.25) is 0 Å². The minimum Gasteiger partial charge on any atom is -0.488 e. The van der Waals surface area contributed by atoms with E-state index in [1.807, 2.05) is 25.1 Å². The van der Waals surface area contributed by atoms with E-state index < -0.39 is 0 Å². The Morgan fingerprint density at radius 3 is 2.89 bits per heavy atom. The fraction of sp³-hybridized carbons (Fsp3) is 0.348. The van der Waals surface area contributed by atoms with Crippen molar-refractivity contribution in [3.05, 3.63) is 62.9 Å². The number of ether oxygens (including phenoxy) is 2. The molecule has 2 aliphatic heterocycles. The minimum atomic E-state index is -0.317. The highest BCUT2D eigenvalue weighted by atomic mass is 32.1. The summed E-state index contributed by atoms with van der Waals surface area (Å²) in [7, 11) is 2.18. The zero-order chi connectivity index (χ0) is 19.5. The van der Waals surface area contributed by atoms with E-state index >= 15 is 0 Å². The van der Waals surface area contributed by atoms with Crippen LogP contribution in [0.1, 0.15) is 41.3 Å². The maximum atomic E-state index is 11.7. The topological polar surface area (TPSA) is 38.8 Å². The molecule has 0 aliphatic carbocycles. The Morgan fingerprint density at radius 2 is 2.11 bits per heavy atom. The van der Waals surface area contributed by atoms with Gasteiger partial charge >= 0.3 is 5.97 Å². The molecule has 1 aromatic carbocycles. The molecule has 28 heavy (non-hydrogen) atoms. The predicted octanol–water partition coefficient (Wildman–Crippen LogP) is 4.74. The number of carbonyl (C=O) groups is 1. The lowest BCUT2D eigenvalue weighted by molar-refractivity contribution is -0.137. The maximum Gasteiger partial charge on any atom is 0.330 e. The van der Waals surface area contributed by atoms with Crippen molar-refractivity contribution in [1.82, 2.24) is 4.90 Å². The first-order valence-electron chi connectivity index (χ1n) is 9.75. The van der Waals surface area contributed by atoms with Gasteiger partial charge < -0.3 is 14.4 Å². The van der Waals surface area contributed by atoms with Gasteiger partial charge in [-0.3, -0.25) is 0 Å². The molecule has 1 fully saturated rings. The van der Waals surface area contributed by atoms with Crippen LogP contribution in [0.4, 0.5) is 0 Å². The van der Waals surface area contributed by atoms with Crippen molar-refractivity contribution in [3.63, 3.8) is 0 Å². The third-order valence-electron chi connectivity index (χ3n) is 5.27. The summed E-state index contributed by atoms with van der Waals surface area (Å²) in [6, 6.07) is 8.32. The van der Waals surface area contributed by atoms with Crippen molar-refractivity contribution in [2.24, 2.45) is 0 Å². The van der Waals surface area contributed by atoms with Crippen molar-refractivity contribution in [2.45, 2.75) is 26.4 Å². The summed E-state index contributed by atoms with van der Waals surface area (Å²) in [4.78, 5) is 15.4. The lowest BCUT2D eigenvalue weighted by atomic mass is 9.90. The predicted molar refractivity (Wildman–Crippen MR) is 114 cm³/mol. The molecule has 0 unspecified atom stereocenters. The smallest absolute Gasteiger partial charge is 0.330 e. The summed E-state index contributed by atoms with van der Waals surface area (Å²) >= 11 is 1.79. The molecule has 0 spiro atoms. The lowest BCUT2D eigenvalue weighted by Crippen LogP contribution is -2.26. The molecule has 0 radical (unpaired) electrons. The lowest BCUT2D eigenvalue weighted by Gasteiger charge is -2.26. The van der Waals surface area contributed by atoms with Gasteiger partial charge in [0.05, 0.1) is 6.61 Å². The fourth-order valence-corrected chi connectivity index (χ4v) is 4.78. The van der Waals surface area contributed by atoms with Gasteiger partial charge in [0.1, 0.15) is 12.4 Å². The van der Waals surface area contributed by atoms with Gasteiger partial charge in [0.15, 0.2) is 0 Å². The van der Waals surface area contributed by atoms with E-state index in [-0.39, 0.29) is 5.97 Å². The molecule has 2 aliphatic rings. The molecular weight excluding hydrogens is 370 g/mol. The average Bonchev–Trinajstić information content (AvgIpc) is 3.10. The van der Waals surface area contributed by atoms with Crippen molar-refractivity contribution < 1.29 is 14.3 Å². The number of carbonyl (C=O) groups excluding carboxylic acids is 1. The first kappa shape index (κ1) is 19.0. The Labute approximate surface area is 170 Å². The SMILES string of the molecule is CCOC(=O)/C=C/c1ccc2c(c1)C(=C1CCN(C)CC1)c1sccc1CO2. The zero-order valence-corrected chi connectivity index (χ0v) is 17.2. The van der Waals surface area contributed by atoms with Crippen LogP contribution < -0.4 is 4.74 Å². The van der Waals surface area contributed by atoms with Crippen LogP contribution in [0, 0.1) is 0 Å². The molecule has 0 N–H and O–H groups in total. The molecule has 2 aromatic rings. The molecule has 5 heteroatoms. The van der Waals surface area contributed by atoms with Crippen LogP contribution in [-0.4, -0.2) is 37.6 Å². The molecule has 0 atom stereocenters. The number of likely N-dealkylation sites (tertiary alicyclic amines) is 1. The molecule has 0 amide bonds. The molecule has 1 aromatic heterocycles. The quantitative estimate of drug-likeness (QED) is 0.556. The zero-order valence-electron chi connectivity index (χ0n) is 16.4. The third-order valence-corrected chi connectivity index (χ3v) is 6.25. The van der Waals surface area contributed by atoms with Crippen LogP contribution in [0.25, 0.3) is 11.6 Å². The number of nitrogens with zero attached hydrogens (tertiary/aromatic N) is 1. The Hall–Kier alpha value is -2.37. The molecule has 4 nitrogen and oxygen atoms in total. The van der Waals surface area contributed by atoms with E-state index in [9.17, 15) is 4.79 Å². The molecule has 146 valence electrons. The van der Waals surface area contributed by atoms with E-state index in [1.165, 1.54) is 27.7 Å². The monoisotopic (exact) mass is 395 g/mol. The first-order valence-corrected chi connectivity index (χ1v) is 10.6. The number of piperidine rings is 1. The summed E-state index contributed by atoms with van der Waals surface area (Å²) in [6.07, 6.45) is 5.45. The second-order valence-electron chi connectivity index (χ2n) is 7.19. The van der Waals surface area contributed by atoms with Gasteiger partial charge in [0.25, 0.3) is 0 Å². The summed E-state index contributed by atoms with van der Waals surface area (Å²) < 4.78 is 11.1. The normalized spacial score (nSPS) is 17.1. The van der Waals surface area contributed by atoms with Gasteiger partial charge in [0, 0.05) is 40.7 Å². The van der Waals surface area contributed by atoms with Gasteiger partial charge in [-0.25, -0.2) is 4.79 Å². The first-order chi connectivity index (χ1) is 13.7. The van der Waals surface area contributed by atoms with Gasteiger partial charge in [-0.15, -0.1) is 11.3 Å². The van der Waals surface area contributed by atoms with Gasteiger partial charge in [-0.05, 0) is 62.0 Å². The highest BCUT2D eigenvalue weighted by Gasteiger charge is 2.25. The summed E-state index contributed by atoms with van der Waals surface area (Å²) in [5, 5.41) is 2.15. The number of hydrogen-bond donors (Lipinski definition) is 0. The van der Waals surface area contributed by atoms with Crippen molar-refractivity contribution in [1.29, 1.82) is 0 Å². The van der Waals surface area contributed by atoms with Gasteiger partial charge in [-0.2, -0.15) is 0 Å². The highest BCUT2D eigenvalue weighted by Crippen LogP contribution is 2.43. The molecule has 0 saturated carbocycles. The fourth-order valence-electron chi connectivity index (χ4n) is 3.76. The molecule has 0 bridgehead atoms. The van der Waals surface area contributed by atoms with E-state index in [1.54, 1.807) is 11.3 Å². The van der Waals surface area contributed by atoms with Gasteiger partial charge in [-0.1, -0.05) is 11.6 Å². The molecule has 4 rings (SSSR count). The summed E-state index contributed by atoms with van der Waals surface area (Å²) in [6.45, 7) is 4.95. The number of thiophene rings is 1. The Kier molecular flexibility index (Phi) is 5.64. The maximum absolute atomic E-state index is 11.7.